The first-order valence-corrected chi connectivity index (χ1v) is 5.49. The second kappa shape index (κ2) is 4.48. The lowest BCUT2D eigenvalue weighted by atomic mass is 9.94. The minimum atomic E-state index is 0.139. The van der Waals surface area contributed by atoms with Crippen LogP contribution in [-0.4, -0.2) is 5.78 Å². The number of carbonyl (C=O) groups excluding carboxylic acids is 1. The minimum Gasteiger partial charge on any atom is -0.289 e. The van der Waals surface area contributed by atoms with E-state index >= 15 is 0 Å². The van der Waals surface area contributed by atoms with Crippen molar-refractivity contribution in [2.75, 3.05) is 0 Å². The van der Waals surface area contributed by atoms with E-state index in [-0.39, 0.29) is 5.78 Å². The van der Waals surface area contributed by atoms with Crippen molar-refractivity contribution in [1.29, 1.82) is 0 Å². The lowest BCUT2D eigenvalue weighted by Gasteiger charge is -2.10. The molecule has 0 amide bonds. The number of ketones is 1. The van der Waals surface area contributed by atoms with Crippen LogP contribution in [0.1, 0.15) is 29.3 Å². The molecule has 0 bridgehead atoms. The van der Waals surface area contributed by atoms with Gasteiger partial charge in [0.1, 0.15) is 0 Å². The molecule has 0 atom stereocenters. The molecule has 1 aromatic rings. The van der Waals surface area contributed by atoms with Gasteiger partial charge in [-0.3, -0.25) is 4.79 Å². The molecule has 0 aliphatic heterocycles. The Labute approximate surface area is 96.5 Å². The molecule has 0 saturated carbocycles. The molecule has 2 rings (SSSR count). The fraction of sp³-hybridized carbons (Fsp3) is 0.200. The second-order valence-corrected chi connectivity index (χ2v) is 4.21. The van der Waals surface area contributed by atoms with Crippen LogP contribution in [0.3, 0.4) is 0 Å². The molecule has 0 spiro atoms. The quantitative estimate of drug-likeness (QED) is 0.682. The maximum Gasteiger partial charge on any atom is 0.189 e. The van der Waals surface area contributed by atoms with Gasteiger partial charge in [-0.2, -0.15) is 0 Å². The average molecular weight is 211 g/mol. The Kier molecular flexibility index (Phi) is 3.04. The maximum atomic E-state index is 12.1. The zero-order valence-electron chi connectivity index (χ0n) is 9.66. The number of allylic oxidation sites excluding steroid dienone is 4. The van der Waals surface area contributed by atoms with Gasteiger partial charge in [-0.05, 0) is 20.3 Å². The molecule has 1 aromatic carbocycles. The highest BCUT2D eigenvalue weighted by Crippen LogP contribution is 2.20. The van der Waals surface area contributed by atoms with Crippen LogP contribution in [0.4, 0.5) is 0 Å². The Morgan fingerprint density at radius 2 is 1.81 bits per heavy atom. The van der Waals surface area contributed by atoms with Gasteiger partial charge in [0, 0.05) is 17.6 Å². The maximum absolute atomic E-state index is 12.1. The van der Waals surface area contributed by atoms with Crippen LogP contribution in [-0.2, 0) is 0 Å². The Hall–Kier alpha value is -1.63. The van der Waals surface area contributed by atoms with E-state index in [9.17, 15) is 4.79 Å². The summed E-state index contributed by atoms with van der Waals surface area (Å²) in [5.74, 6) is 0.139. The van der Waals surface area contributed by atoms with E-state index in [0.717, 1.165) is 17.6 Å². The first-order valence-electron chi connectivity index (χ1n) is 5.49. The fourth-order valence-corrected chi connectivity index (χ4v) is 1.70. The van der Waals surface area contributed by atoms with E-state index in [4.69, 9.17) is 0 Å². The summed E-state index contributed by atoms with van der Waals surface area (Å²) < 4.78 is 0. The molecule has 0 N–H and O–H groups in total. The van der Waals surface area contributed by atoms with Crippen LogP contribution >= 0.6 is 0 Å². The highest BCUT2D eigenvalue weighted by Gasteiger charge is 2.13. The van der Waals surface area contributed by atoms with E-state index in [0.29, 0.717) is 0 Å². The Morgan fingerprint density at radius 1 is 1.12 bits per heavy atom. The molecular formula is C15H15O. The van der Waals surface area contributed by atoms with Crippen LogP contribution in [0.2, 0.25) is 0 Å². The van der Waals surface area contributed by atoms with E-state index in [1.54, 1.807) is 0 Å². The van der Waals surface area contributed by atoms with Gasteiger partial charge in [-0.1, -0.05) is 47.6 Å². The monoisotopic (exact) mass is 211 g/mol. The molecule has 0 aromatic heterocycles. The number of benzene rings is 1. The second-order valence-electron chi connectivity index (χ2n) is 4.21. The third-order valence-corrected chi connectivity index (χ3v) is 2.80. The van der Waals surface area contributed by atoms with Gasteiger partial charge >= 0.3 is 0 Å². The lowest BCUT2D eigenvalue weighted by molar-refractivity contribution is 0.103. The third-order valence-electron chi connectivity index (χ3n) is 2.80. The van der Waals surface area contributed by atoms with Gasteiger partial charge in [-0.15, -0.1) is 0 Å². The minimum absolute atomic E-state index is 0.139. The first kappa shape index (κ1) is 10.9. The van der Waals surface area contributed by atoms with Crippen molar-refractivity contribution in [3.8, 4) is 0 Å². The van der Waals surface area contributed by atoms with E-state index in [2.05, 4.69) is 6.08 Å². The summed E-state index contributed by atoms with van der Waals surface area (Å²) in [5.41, 5.74) is 4.05. The largest absolute Gasteiger partial charge is 0.289 e. The van der Waals surface area contributed by atoms with E-state index in [1.807, 2.05) is 50.6 Å². The van der Waals surface area contributed by atoms with Gasteiger partial charge in [0.05, 0.1) is 0 Å². The van der Waals surface area contributed by atoms with Crippen molar-refractivity contribution >= 4 is 5.78 Å². The van der Waals surface area contributed by atoms with Crippen LogP contribution in [0.5, 0.6) is 0 Å². The number of aryl methyl sites for hydroxylation is 1. The smallest absolute Gasteiger partial charge is 0.189 e. The first-order chi connectivity index (χ1) is 7.66. The molecule has 0 fully saturated rings. The molecule has 0 heterocycles. The van der Waals surface area contributed by atoms with Gasteiger partial charge in [0.25, 0.3) is 0 Å². The van der Waals surface area contributed by atoms with Gasteiger partial charge in [0.2, 0.25) is 0 Å². The van der Waals surface area contributed by atoms with Crippen molar-refractivity contribution in [2.45, 2.75) is 20.3 Å². The number of Topliss-reactive ketones (excluding diaryl/α,β-unsaturated/α-hetero) is 1. The van der Waals surface area contributed by atoms with Crippen molar-refractivity contribution in [3.05, 3.63) is 65.1 Å². The lowest BCUT2D eigenvalue weighted by Crippen LogP contribution is -2.05. The summed E-state index contributed by atoms with van der Waals surface area (Å²) in [6, 6.07) is 7.73. The standard InChI is InChI=1S/C15H15O/c1-11-3-7-13(8-4-11)15(16)14-9-5-12(2)6-10-14/h3-9H,10H2,1-2H3. The average Bonchev–Trinajstić information content (AvgIpc) is 2.30. The molecule has 1 nitrogen and oxygen atoms in total. The van der Waals surface area contributed by atoms with Gasteiger partial charge < -0.3 is 0 Å². The normalized spacial score (nSPS) is 15.4. The van der Waals surface area contributed by atoms with Crippen LogP contribution < -0.4 is 0 Å². The molecule has 1 heteroatoms. The zero-order chi connectivity index (χ0) is 11.5. The highest BCUT2D eigenvalue weighted by molar-refractivity contribution is 6.09. The zero-order valence-corrected chi connectivity index (χ0v) is 9.66. The van der Waals surface area contributed by atoms with Crippen LogP contribution in [0, 0.1) is 13.3 Å². The third kappa shape index (κ3) is 2.30. The Bertz CT molecular complexity index is 461. The predicted molar refractivity (Wildman–Crippen MR) is 66.3 cm³/mol. The molecular weight excluding hydrogens is 196 g/mol. The molecule has 0 saturated heterocycles. The SMILES string of the molecule is CC1=CCC(C(=O)c2ccc(C)cc2)=C[CH]1. The van der Waals surface area contributed by atoms with Crippen molar-refractivity contribution in [3.63, 3.8) is 0 Å². The summed E-state index contributed by atoms with van der Waals surface area (Å²) in [7, 11) is 0. The molecule has 1 aliphatic carbocycles. The number of carbonyl (C=O) groups is 1. The molecule has 1 radical (unpaired) electrons. The van der Waals surface area contributed by atoms with Crippen molar-refractivity contribution < 1.29 is 4.79 Å². The summed E-state index contributed by atoms with van der Waals surface area (Å²) in [4.78, 5) is 12.1. The van der Waals surface area contributed by atoms with Crippen molar-refractivity contribution in [2.24, 2.45) is 0 Å². The van der Waals surface area contributed by atoms with Crippen LogP contribution in [0.25, 0.3) is 0 Å². The van der Waals surface area contributed by atoms with Gasteiger partial charge in [0.15, 0.2) is 5.78 Å². The molecule has 16 heavy (non-hydrogen) atoms. The summed E-state index contributed by atoms with van der Waals surface area (Å²) >= 11 is 0. The Balaban J connectivity index is 2.17. The van der Waals surface area contributed by atoms with Crippen molar-refractivity contribution in [1.82, 2.24) is 0 Å². The fourth-order valence-electron chi connectivity index (χ4n) is 1.70. The summed E-state index contributed by atoms with van der Waals surface area (Å²) in [6.07, 6.45) is 6.75. The number of hydrogen-bond donors (Lipinski definition) is 0. The van der Waals surface area contributed by atoms with E-state index in [1.165, 1.54) is 11.1 Å². The molecule has 0 unspecified atom stereocenters. The highest BCUT2D eigenvalue weighted by atomic mass is 16.1. The summed E-state index contributed by atoms with van der Waals surface area (Å²) in [5, 5.41) is 0. The van der Waals surface area contributed by atoms with Gasteiger partial charge in [-0.25, -0.2) is 0 Å². The number of hydrogen-bond acceptors (Lipinski definition) is 1. The number of rotatable bonds is 2. The van der Waals surface area contributed by atoms with E-state index < -0.39 is 0 Å². The predicted octanol–water partition coefficient (Wildman–Crippen LogP) is 3.66. The molecule has 81 valence electrons. The molecule has 1 aliphatic rings. The summed E-state index contributed by atoms with van der Waals surface area (Å²) in [6.45, 7) is 4.07. The topological polar surface area (TPSA) is 17.1 Å². The Morgan fingerprint density at radius 3 is 2.38 bits per heavy atom. The van der Waals surface area contributed by atoms with Crippen LogP contribution in [0.15, 0.2) is 47.6 Å².